The van der Waals surface area contributed by atoms with Crippen molar-refractivity contribution >= 4 is 0 Å². The van der Waals surface area contributed by atoms with Gasteiger partial charge in [0.1, 0.15) is 0 Å². The van der Waals surface area contributed by atoms with Crippen LogP contribution in [-0.4, -0.2) is 11.2 Å². The third kappa shape index (κ3) is 3.61. The van der Waals surface area contributed by atoms with Gasteiger partial charge in [-0.25, -0.2) is 0 Å². The first-order chi connectivity index (χ1) is 6.63. The summed E-state index contributed by atoms with van der Waals surface area (Å²) in [7, 11) is 0. The lowest BCUT2D eigenvalue weighted by molar-refractivity contribution is 0.132. The third-order valence-electron chi connectivity index (χ3n) is 4.09. The zero-order valence-corrected chi connectivity index (χ0v) is 10.00. The molecular formula is C13H26O. The average Bonchev–Trinajstić information content (AvgIpc) is 2.19. The van der Waals surface area contributed by atoms with Crippen LogP contribution in [0.25, 0.3) is 0 Å². The van der Waals surface area contributed by atoms with Gasteiger partial charge in [0, 0.05) is 0 Å². The van der Waals surface area contributed by atoms with Crippen LogP contribution in [0.3, 0.4) is 0 Å². The Balaban J connectivity index is 2.20. The van der Waals surface area contributed by atoms with Crippen LogP contribution >= 0.6 is 0 Å². The summed E-state index contributed by atoms with van der Waals surface area (Å²) in [5.41, 5.74) is 0. The Kier molecular flexibility index (Phi) is 4.94. The van der Waals surface area contributed by atoms with Crippen molar-refractivity contribution in [1.29, 1.82) is 0 Å². The molecule has 0 radical (unpaired) electrons. The van der Waals surface area contributed by atoms with E-state index in [1.54, 1.807) is 0 Å². The molecule has 4 unspecified atom stereocenters. The summed E-state index contributed by atoms with van der Waals surface area (Å²) < 4.78 is 0. The second kappa shape index (κ2) is 5.75. The van der Waals surface area contributed by atoms with Crippen molar-refractivity contribution in [3.05, 3.63) is 0 Å². The lowest BCUT2D eigenvalue weighted by atomic mass is 9.74. The highest BCUT2D eigenvalue weighted by Gasteiger charge is 2.24. The van der Waals surface area contributed by atoms with E-state index in [2.05, 4.69) is 20.8 Å². The van der Waals surface area contributed by atoms with Crippen LogP contribution in [0.5, 0.6) is 0 Å². The molecular weight excluding hydrogens is 172 g/mol. The maximum Gasteiger partial charge on any atom is 0.0537 e. The van der Waals surface area contributed by atoms with Gasteiger partial charge < -0.3 is 5.11 Å². The van der Waals surface area contributed by atoms with E-state index in [1.165, 1.54) is 25.7 Å². The van der Waals surface area contributed by atoms with E-state index >= 15 is 0 Å². The molecule has 1 aliphatic rings. The minimum atomic E-state index is -0.0512. The molecule has 1 rings (SSSR count). The molecule has 84 valence electrons. The Labute approximate surface area is 88.9 Å². The van der Waals surface area contributed by atoms with E-state index in [1.807, 2.05) is 0 Å². The molecule has 1 aliphatic carbocycles. The summed E-state index contributed by atoms with van der Waals surface area (Å²) in [5, 5.41) is 9.51. The first-order valence-electron chi connectivity index (χ1n) is 6.31. The molecule has 14 heavy (non-hydrogen) atoms. The molecule has 1 saturated carbocycles. The van der Waals surface area contributed by atoms with E-state index in [4.69, 9.17) is 0 Å². The van der Waals surface area contributed by atoms with Gasteiger partial charge in [-0.05, 0) is 43.4 Å². The fraction of sp³-hybridized carbons (Fsp3) is 1.00. The summed E-state index contributed by atoms with van der Waals surface area (Å²) in [5.74, 6) is 2.71. The maximum atomic E-state index is 9.51. The maximum absolute atomic E-state index is 9.51. The Morgan fingerprint density at radius 3 is 2.50 bits per heavy atom. The summed E-state index contributed by atoms with van der Waals surface area (Å²) in [4.78, 5) is 0. The molecule has 1 N–H and O–H groups in total. The molecule has 0 aliphatic heterocycles. The number of aliphatic hydroxyl groups is 1. The second-order valence-electron chi connectivity index (χ2n) is 5.27. The van der Waals surface area contributed by atoms with Crippen LogP contribution in [0.2, 0.25) is 0 Å². The third-order valence-corrected chi connectivity index (χ3v) is 4.09. The van der Waals surface area contributed by atoms with Crippen molar-refractivity contribution in [3.8, 4) is 0 Å². The number of hydrogen-bond acceptors (Lipinski definition) is 1. The molecule has 0 aromatic rings. The van der Waals surface area contributed by atoms with Gasteiger partial charge in [-0.15, -0.1) is 0 Å². The van der Waals surface area contributed by atoms with Crippen molar-refractivity contribution in [2.45, 2.75) is 65.4 Å². The summed E-state index contributed by atoms with van der Waals surface area (Å²) in [6.07, 6.45) is 7.30. The lowest BCUT2D eigenvalue weighted by Gasteiger charge is -2.32. The molecule has 1 heteroatoms. The van der Waals surface area contributed by atoms with E-state index in [-0.39, 0.29) is 6.10 Å². The van der Waals surface area contributed by atoms with Gasteiger partial charge in [0.15, 0.2) is 0 Å². The monoisotopic (exact) mass is 198 g/mol. The Morgan fingerprint density at radius 2 is 1.93 bits per heavy atom. The summed E-state index contributed by atoms with van der Waals surface area (Å²) in [6, 6.07) is 0. The van der Waals surface area contributed by atoms with Crippen LogP contribution < -0.4 is 0 Å². The largest absolute Gasteiger partial charge is 0.393 e. The van der Waals surface area contributed by atoms with Crippen LogP contribution in [0.1, 0.15) is 59.3 Å². The first-order valence-corrected chi connectivity index (χ1v) is 6.31. The summed E-state index contributed by atoms with van der Waals surface area (Å²) >= 11 is 0. The van der Waals surface area contributed by atoms with Gasteiger partial charge in [0.25, 0.3) is 0 Å². The van der Waals surface area contributed by atoms with Crippen molar-refractivity contribution in [1.82, 2.24) is 0 Å². The molecule has 0 spiro atoms. The van der Waals surface area contributed by atoms with Crippen molar-refractivity contribution in [2.75, 3.05) is 0 Å². The Morgan fingerprint density at radius 1 is 1.21 bits per heavy atom. The first kappa shape index (κ1) is 12.0. The van der Waals surface area contributed by atoms with Crippen molar-refractivity contribution in [3.63, 3.8) is 0 Å². The highest BCUT2D eigenvalue weighted by atomic mass is 16.3. The Bertz CT molecular complexity index is 155. The molecule has 0 bridgehead atoms. The standard InChI is InChI=1S/C13H26O/c1-4-13(14)8-7-12-6-5-10(2)11(3)9-12/h10-14H,4-9H2,1-3H3. The Hall–Kier alpha value is -0.0400. The minimum Gasteiger partial charge on any atom is -0.393 e. The molecule has 0 saturated heterocycles. The zero-order chi connectivity index (χ0) is 10.6. The predicted octanol–water partition coefficient (Wildman–Crippen LogP) is 3.61. The van der Waals surface area contributed by atoms with Crippen LogP contribution in [0, 0.1) is 17.8 Å². The predicted molar refractivity (Wildman–Crippen MR) is 61.2 cm³/mol. The quantitative estimate of drug-likeness (QED) is 0.731. The molecule has 0 aromatic heterocycles. The molecule has 4 atom stereocenters. The molecule has 0 heterocycles. The highest BCUT2D eigenvalue weighted by molar-refractivity contribution is 4.75. The zero-order valence-electron chi connectivity index (χ0n) is 10.00. The smallest absolute Gasteiger partial charge is 0.0537 e. The molecule has 0 aromatic carbocycles. The van der Waals surface area contributed by atoms with Gasteiger partial charge in [0.2, 0.25) is 0 Å². The average molecular weight is 198 g/mol. The fourth-order valence-corrected chi connectivity index (χ4v) is 2.55. The fourth-order valence-electron chi connectivity index (χ4n) is 2.55. The van der Waals surface area contributed by atoms with E-state index in [0.717, 1.165) is 30.6 Å². The highest BCUT2D eigenvalue weighted by Crippen LogP contribution is 2.35. The summed E-state index contributed by atoms with van der Waals surface area (Å²) in [6.45, 7) is 6.82. The normalized spacial score (nSPS) is 35.6. The topological polar surface area (TPSA) is 20.2 Å². The van der Waals surface area contributed by atoms with Gasteiger partial charge >= 0.3 is 0 Å². The van der Waals surface area contributed by atoms with Crippen LogP contribution in [0.15, 0.2) is 0 Å². The number of aliphatic hydroxyl groups excluding tert-OH is 1. The van der Waals surface area contributed by atoms with E-state index in [9.17, 15) is 5.11 Å². The van der Waals surface area contributed by atoms with Gasteiger partial charge in [-0.2, -0.15) is 0 Å². The van der Waals surface area contributed by atoms with Crippen molar-refractivity contribution < 1.29 is 5.11 Å². The second-order valence-corrected chi connectivity index (χ2v) is 5.27. The minimum absolute atomic E-state index is 0.0512. The van der Waals surface area contributed by atoms with E-state index in [0.29, 0.717) is 0 Å². The lowest BCUT2D eigenvalue weighted by Crippen LogP contribution is -2.21. The molecule has 1 nitrogen and oxygen atoms in total. The van der Waals surface area contributed by atoms with E-state index < -0.39 is 0 Å². The van der Waals surface area contributed by atoms with Crippen LogP contribution in [0.4, 0.5) is 0 Å². The SMILES string of the molecule is CCC(O)CCC1CCC(C)C(C)C1. The van der Waals surface area contributed by atoms with Crippen molar-refractivity contribution in [2.24, 2.45) is 17.8 Å². The molecule has 1 fully saturated rings. The van der Waals surface area contributed by atoms with Gasteiger partial charge in [-0.1, -0.05) is 33.6 Å². The van der Waals surface area contributed by atoms with Crippen LogP contribution in [-0.2, 0) is 0 Å². The number of rotatable bonds is 4. The number of hydrogen-bond donors (Lipinski definition) is 1. The van der Waals surface area contributed by atoms with Gasteiger partial charge in [0.05, 0.1) is 6.10 Å². The van der Waals surface area contributed by atoms with Gasteiger partial charge in [-0.3, -0.25) is 0 Å². The molecule has 0 amide bonds.